The Balaban J connectivity index is 1.92. The van der Waals surface area contributed by atoms with E-state index in [2.05, 4.69) is 20.8 Å². The van der Waals surface area contributed by atoms with Crippen molar-refractivity contribution in [1.82, 2.24) is 5.32 Å². The Bertz CT molecular complexity index is 1050. The van der Waals surface area contributed by atoms with Crippen LogP contribution in [0, 0.1) is 0 Å². The van der Waals surface area contributed by atoms with E-state index in [0.717, 1.165) is 28.2 Å². The molecule has 34 heavy (non-hydrogen) atoms. The van der Waals surface area contributed by atoms with E-state index >= 15 is 0 Å². The molecule has 0 bridgehead atoms. The van der Waals surface area contributed by atoms with Crippen LogP contribution in [0.15, 0.2) is 78.7 Å². The minimum atomic E-state index is -4.39. The highest BCUT2D eigenvalue weighted by Gasteiger charge is 2.31. The fourth-order valence-corrected chi connectivity index (χ4v) is 3.69. The van der Waals surface area contributed by atoms with Crippen molar-refractivity contribution in [1.29, 1.82) is 0 Å². The first-order valence-electron chi connectivity index (χ1n) is 10.9. The summed E-state index contributed by atoms with van der Waals surface area (Å²) in [4.78, 5) is 0. The van der Waals surface area contributed by atoms with E-state index in [1.54, 1.807) is 12.2 Å². The predicted molar refractivity (Wildman–Crippen MR) is 135 cm³/mol. The van der Waals surface area contributed by atoms with Crippen LogP contribution in [0.5, 0.6) is 5.75 Å². The zero-order chi connectivity index (χ0) is 25.3. The summed E-state index contributed by atoms with van der Waals surface area (Å²) >= 11 is 0. The second kappa shape index (κ2) is 12.7. The van der Waals surface area contributed by atoms with Crippen molar-refractivity contribution in [3.8, 4) is 5.75 Å². The average molecular weight is 492 g/mol. The van der Waals surface area contributed by atoms with Gasteiger partial charge in [-0.1, -0.05) is 55.5 Å². The number of methoxy groups -OCH3 is 1. The highest BCUT2D eigenvalue weighted by Crippen LogP contribution is 2.36. The summed E-state index contributed by atoms with van der Waals surface area (Å²) in [5.41, 5.74) is 3.53. The normalized spacial score (nSPS) is 13.2. The van der Waals surface area contributed by atoms with E-state index in [1.807, 2.05) is 31.2 Å². The van der Waals surface area contributed by atoms with Gasteiger partial charge in [-0.05, 0) is 66.6 Å². The largest absolute Gasteiger partial charge is 0.496 e. The van der Waals surface area contributed by atoms with E-state index < -0.39 is 11.7 Å². The number of nitrogens with one attached hydrogen (secondary N) is 1. The summed E-state index contributed by atoms with van der Waals surface area (Å²) in [7, 11) is 5.06. The molecule has 0 amide bonds. The zero-order valence-corrected chi connectivity index (χ0v) is 20.6. The number of allylic oxidation sites excluding steroid dienone is 5. The van der Waals surface area contributed by atoms with Gasteiger partial charge in [0.15, 0.2) is 0 Å². The highest BCUT2D eigenvalue weighted by atomic mass is 31.0. The molecule has 2 aromatic rings. The average Bonchev–Trinajstić information content (AvgIpc) is 2.78. The molecule has 0 heterocycles. The van der Waals surface area contributed by atoms with Crippen LogP contribution in [0.1, 0.15) is 48.4 Å². The molecule has 182 valence electrons. The first-order valence-corrected chi connectivity index (χ1v) is 11.4. The van der Waals surface area contributed by atoms with Gasteiger partial charge >= 0.3 is 6.18 Å². The maximum absolute atomic E-state index is 13.1. The molecule has 0 fully saturated rings. The van der Waals surface area contributed by atoms with E-state index in [0.29, 0.717) is 30.7 Å². The molecule has 0 aliphatic heterocycles. The molecule has 0 saturated heterocycles. The van der Waals surface area contributed by atoms with Crippen LogP contribution in [0.3, 0.4) is 0 Å². The third kappa shape index (κ3) is 8.58. The number of hydrogen-bond acceptors (Lipinski definition) is 1. The van der Waals surface area contributed by atoms with E-state index in [9.17, 15) is 17.6 Å². The van der Waals surface area contributed by atoms with Gasteiger partial charge in [0.1, 0.15) is 5.75 Å². The Morgan fingerprint density at radius 1 is 1.18 bits per heavy atom. The smallest absolute Gasteiger partial charge is 0.416 e. The van der Waals surface area contributed by atoms with Crippen molar-refractivity contribution in [2.45, 2.75) is 38.8 Å². The predicted octanol–water partition coefficient (Wildman–Crippen LogP) is 7.65. The fraction of sp³-hybridized carbons (Fsp3) is 0.296. The molecule has 0 aliphatic carbocycles. The topological polar surface area (TPSA) is 21.3 Å². The molecule has 7 heteroatoms. The van der Waals surface area contributed by atoms with Crippen LogP contribution in [-0.4, -0.2) is 19.1 Å². The quantitative estimate of drug-likeness (QED) is 0.198. The fourth-order valence-electron chi connectivity index (χ4n) is 3.39. The molecule has 1 atom stereocenters. The van der Waals surface area contributed by atoms with Crippen molar-refractivity contribution in [3.05, 3.63) is 101 Å². The van der Waals surface area contributed by atoms with Crippen LogP contribution in [-0.2, 0) is 12.6 Å². The van der Waals surface area contributed by atoms with Crippen molar-refractivity contribution >= 4 is 14.3 Å². The van der Waals surface area contributed by atoms with Gasteiger partial charge in [-0.25, -0.2) is 4.39 Å². The number of benzene rings is 2. The van der Waals surface area contributed by atoms with Crippen molar-refractivity contribution in [3.63, 3.8) is 0 Å². The lowest BCUT2D eigenvalue weighted by molar-refractivity contribution is -0.137. The lowest BCUT2D eigenvalue weighted by atomic mass is 9.94. The monoisotopic (exact) mass is 491 g/mol. The van der Waals surface area contributed by atoms with Crippen molar-refractivity contribution < 1.29 is 22.3 Å². The van der Waals surface area contributed by atoms with Gasteiger partial charge in [-0.15, -0.1) is 8.86 Å². The van der Waals surface area contributed by atoms with Gasteiger partial charge in [-0.2, -0.15) is 13.2 Å². The molecule has 2 aromatic carbocycles. The summed E-state index contributed by atoms with van der Waals surface area (Å²) < 4.78 is 57.3. The molecule has 0 saturated carbocycles. The van der Waals surface area contributed by atoms with Gasteiger partial charge in [-0.3, -0.25) is 5.32 Å². The summed E-state index contributed by atoms with van der Waals surface area (Å²) in [6, 6.07) is 11.5. The minimum Gasteiger partial charge on any atom is -0.496 e. The lowest BCUT2D eigenvalue weighted by Gasteiger charge is -2.18. The Morgan fingerprint density at radius 2 is 1.85 bits per heavy atom. The first-order chi connectivity index (χ1) is 16.0. The van der Waals surface area contributed by atoms with E-state index in [1.165, 1.54) is 32.2 Å². The summed E-state index contributed by atoms with van der Waals surface area (Å²) in [5.74, 6) is 0.0528. The molecule has 0 aromatic heterocycles. The Kier molecular flexibility index (Phi) is 10.3. The summed E-state index contributed by atoms with van der Waals surface area (Å²) in [5, 5.41) is 3.28. The first kappa shape index (κ1) is 27.6. The van der Waals surface area contributed by atoms with Crippen LogP contribution in [0.2, 0.25) is 0 Å². The van der Waals surface area contributed by atoms with Gasteiger partial charge in [0.05, 0.1) is 18.5 Å². The second-order valence-corrected chi connectivity index (χ2v) is 8.59. The molecule has 1 unspecified atom stereocenters. The number of halogens is 4. The van der Waals surface area contributed by atoms with E-state index in [-0.39, 0.29) is 11.7 Å². The number of alkyl halides is 3. The summed E-state index contributed by atoms with van der Waals surface area (Å²) in [6.07, 6.45) is 1.67. The molecule has 2 nitrogen and oxygen atoms in total. The maximum atomic E-state index is 13.1. The molecular weight excluding hydrogens is 461 g/mol. The second-order valence-electron chi connectivity index (χ2n) is 8.09. The molecule has 0 spiro atoms. The number of ether oxygens (including phenoxy) is 1. The molecule has 0 radical (unpaired) electrons. The summed E-state index contributed by atoms with van der Waals surface area (Å²) in [6.45, 7) is 7.81. The molecule has 0 aliphatic rings. The van der Waals surface area contributed by atoms with Crippen LogP contribution >= 0.6 is 8.86 Å². The Morgan fingerprint density at radius 3 is 2.44 bits per heavy atom. The third-order valence-electron chi connectivity index (χ3n) is 5.30. The highest BCUT2D eigenvalue weighted by molar-refractivity contribution is 7.21. The van der Waals surface area contributed by atoms with Gasteiger partial charge in [0, 0.05) is 12.0 Å². The maximum Gasteiger partial charge on any atom is 0.416 e. The van der Waals surface area contributed by atoms with E-state index in [4.69, 9.17) is 4.74 Å². The lowest BCUT2D eigenvalue weighted by Crippen LogP contribution is -2.24. The van der Waals surface area contributed by atoms with Crippen LogP contribution in [0.25, 0.3) is 0 Å². The zero-order valence-electron chi connectivity index (χ0n) is 19.6. The number of hydrogen-bond donors (Lipinski definition) is 1. The standard InChI is InChI=1S/C27H30F4NOP/c1-18(6-5-7-20(3)28)16-21-8-10-22(11-9-21)26(34)32-15-14-19(2)24-17-23(27(29,30)31)12-13-25(24)33-4/h5-13,17,19,32,34H,1,14-16H2,2-4H3/b6-5-,20-7+. The van der Waals surface area contributed by atoms with Crippen LogP contribution < -0.4 is 10.1 Å². The SMILES string of the molecule is C=C(/C=C\C=C(/C)F)Cc1ccc(C(=P)NCCC(C)c2cc(C(F)(F)F)ccc2OC)cc1. The van der Waals surface area contributed by atoms with Crippen molar-refractivity contribution in [2.75, 3.05) is 13.7 Å². The van der Waals surface area contributed by atoms with Gasteiger partial charge in [0.2, 0.25) is 0 Å². The van der Waals surface area contributed by atoms with Crippen molar-refractivity contribution in [2.24, 2.45) is 0 Å². The molecular formula is C27H30F4NOP. The van der Waals surface area contributed by atoms with Gasteiger partial charge in [0.25, 0.3) is 0 Å². The Labute approximate surface area is 201 Å². The third-order valence-corrected chi connectivity index (χ3v) is 5.76. The minimum absolute atomic E-state index is 0.137. The molecule has 1 N–H and O–H groups in total. The Hall–Kier alpha value is -2.69. The number of rotatable bonds is 11. The van der Waals surface area contributed by atoms with Gasteiger partial charge < -0.3 is 4.74 Å². The molecule has 2 rings (SSSR count). The van der Waals surface area contributed by atoms with Crippen LogP contribution in [0.4, 0.5) is 17.6 Å².